The zero-order valence-electron chi connectivity index (χ0n) is 14.4. The summed E-state index contributed by atoms with van der Waals surface area (Å²) in [6.07, 6.45) is 4.55. The van der Waals surface area contributed by atoms with Gasteiger partial charge in [-0.2, -0.15) is 0 Å². The van der Waals surface area contributed by atoms with Crippen molar-refractivity contribution in [3.05, 3.63) is 29.8 Å². The van der Waals surface area contributed by atoms with Gasteiger partial charge in [0.2, 0.25) is 0 Å². The van der Waals surface area contributed by atoms with E-state index in [9.17, 15) is 5.11 Å². The summed E-state index contributed by atoms with van der Waals surface area (Å²) in [5.41, 5.74) is 3.36. The Morgan fingerprint density at radius 1 is 1.26 bits per heavy atom. The van der Waals surface area contributed by atoms with Crippen molar-refractivity contribution in [2.75, 3.05) is 11.9 Å². The van der Waals surface area contributed by atoms with Crippen LogP contribution in [-0.4, -0.2) is 41.4 Å². The minimum absolute atomic E-state index is 0.242. The van der Waals surface area contributed by atoms with Crippen molar-refractivity contribution in [2.24, 2.45) is 11.8 Å². The number of aliphatic hydroxyl groups is 1. The third-order valence-corrected chi connectivity index (χ3v) is 7.68. The first kappa shape index (κ1) is 14.3. The number of piperidine rings is 3. The molecular formula is C20H28N2O. The van der Waals surface area contributed by atoms with E-state index < -0.39 is 0 Å². The molecule has 4 heterocycles. The number of hydrogen-bond donors (Lipinski definition) is 1. The fourth-order valence-electron chi connectivity index (χ4n) is 6.74. The van der Waals surface area contributed by atoms with E-state index in [1.807, 2.05) is 0 Å². The lowest BCUT2D eigenvalue weighted by atomic mass is 9.52. The van der Waals surface area contributed by atoms with Gasteiger partial charge in [0.15, 0.2) is 0 Å². The second kappa shape index (κ2) is 4.52. The van der Waals surface area contributed by atoms with Crippen LogP contribution in [0.15, 0.2) is 24.3 Å². The van der Waals surface area contributed by atoms with Crippen LogP contribution in [0.4, 0.5) is 5.69 Å². The monoisotopic (exact) mass is 312 g/mol. The summed E-state index contributed by atoms with van der Waals surface area (Å²) >= 11 is 0. The van der Waals surface area contributed by atoms with Gasteiger partial charge in [-0.15, -0.1) is 0 Å². The average molecular weight is 312 g/mol. The lowest BCUT2D eigenvalue weighted by molar-refractivity contribution is -0.201. The first-order valence-corrected chi connectivity index (χ1v) is 9.36. The van der Waals surface area contributed by atoms with Gasteiger partial charge in [0.1, 0.15) is 6.23 Å². The minimum Gasteiger partial charge on any atom is -0.378 e. The van der Waals surface area contributed by atoms with Gasteiger partial charge < -0.3 is 10.0 Å². The fraction of sp³-hybridized carbons (Fsp3) is 0.700. The average Bonchev–Trinajstić information content (AvgIpc) is 2.79. The van der Waals surface area contributed by atoms with E-state index in [2.05, 4.69) is 55.0 Å². The van der Waals surface area contributed by atoms with Crippen LogP contribution < -0.4 is 4.90 Å². The molecule has 0 aromatic heterocycles. The summed E-state index contributed by atoms with van der Waals surface area (Å²) in [6.45, 7) is 4.58. The molecule has 6 rings (SSSR count). The summed E-state index contributed by atoms with van der Waals surface area (Å²) in [4.78, 5) is 5.05. The molecule has 124 valence electrons. The van der Waals surface area contributed by atoms with Crippen LogP contribution in [0, 0.1) is 11.8 Å². The minimum atomic E-state index is -0.242. The number of anilines is 1. The third-order valence-electron chi connectivity index (χ3n) is 7.68. The van der Waals surface area contributed by atoms with Gasteiger partial charge in [-0.1, -0.05) is 32.0 Å². The third kappa shape index (κ3) is 1.54. The maximum absolute atomic E-state index is 11.1. The molecule has 1 spiro atoms. The summed E-state index contributed by atoms with van der Waals surface area (Å²) in [5.74, 6) is 1.05. The first-order valence-electron chi connectivity index (χ1n) is 9.36. The standard InChI is InChI=1S/C20H28N2O/c1-4-14-12(2)9-17-18-20(10-13(11-20)22(17)19(14)23)15-7-5-6-8-16(15)21(18)3/h5-8,12-14,17-19,23H,4,9-11H2,1-3H3/t12-,13-,14-,17-,18?,19+,20+/m0/s1. The van der Waals surface area contributed by atoms with Crippen molar-refractivity contribution < 1.29 is 5.11 Å². The second-order valence-electron chi connectivity index (χ2n) is 8.50. The highest BCUT2D eigenvalue weighted by atomic mass is 16.3. The van der Waals surface area contributed by atoms with Crippen molar-refractivity contribution in [3.63, 3.8) is 0 Å². The van der Waals surface area contributed by atoms with Crippen LogP contribution in [0.1, 0.15) is 45.1 Å². The molecule has 1 aromatic rings. The summed E-state index contributed by atoms with van der Waals surface area (Å²) in [5, 5.41) is 11.1. The molecule has 5 atom stereocenters. The molecule has 1 aliphatic carbocycles. The summed E-state index contributed by atoms with van der Waals surface area (Å²) < 4.78 is 0. The van der Waals surface area contributed by atoms with Gasteiger partial charge in [0.05, 0.1) is 6.04 Å². The van der Waals surface area contributed by atoms with Crippen LogP contribution in [-0.2, 0) is 5.41 Å². The zero-order valence-corrected chi connectivity index (χ0v) is 14.4. The van der Waals surface area contributed by atoms with Gasteiger partial charge in [0, 0.05) is 36.2 Å². The number of hydrogen-bond acceptors (Lipinski definition) is 3. The molecule has 4 fully saturated rings. The molecule has 1 aromatic carbocycles. The number of rotatable bonds is 1. The SMILES string of the molecule is CC[C@@H]1[C@@H](O)N2[C@H]3C[C@@]4(C3)c3ccccc3N(C)C4[C@@H]2C[C@@H]1C. The predicted octanol–water partition coefficient (Wildman–Crippen LogP) is 2.97. The fourth-order valence-corrected chi connectivity index (χ4v) is 6.74. The van der Waals surface area contributed by atoms with Gasteiger partial charge in [-0.05, 0) is 43.2 Å². The Balaban J connectivity index is 1.58. The first-order chi connectivity index (χ1) is 11.1. The van der Waals surface area contributed by atoms with E-state index in [4.69, 9.17) is 0 Å². The molecule has 5 aliphatic rings. The number of aliphatic hydroxyl groups excluding tert-OH is 1. The van der Waals surface area contributed by atoms with Crippen LogP contribution in [0.25, 0.3) is 0 Å². The number of benzene rings is 1. The maximum atomic E-state index is 11.1. The molecule has 3 nitrogen and oxygen atoms in total. The van der Waals surface area contributed by atoms with E-state index >= 15 is 0 Å². The Hall–Kier alpha value is -1.06. The predicted molar refractivity (Wildman–Crippen MR) is 92.5 cm³/mol. The highest BCUT2D eigenvalue weighted by Crippen LogP contribution is 2.64. The molecule has 1 saturated carbocycles. The number of fused-ring (bicyclic) bond motifs is 1. The molecule has 23 heavy (non-hydrogen) atoms. The van der Waals surface area contributed by atoms with Gasteiger partial charge >= 0.3 is 0 Å². The summed E-state index contributed by atoms with van der Waals surface area (Å²) in [7, 11) is 2.28. The maximum Gasteiger partial charge on any atom is 0.111 e. The molecular weight excluding hydrogens is 284 g/mol. The number of para-hydroxylation sites is 1. The smallest absolute Gasteiger partial charge is 0.111 e. The molecule has 2 bridgehead atoms. The van der Waals surface area contributed by atoms with E-state index in [1.54, 1.807) is 5.56 Å². The topological polar surface area (TPSA) is 26.7 Å². The van der Waals surface area contributed by atoms with Crippen LogP contribution in [0.2, 0.25) is 0 Å². The normalized spacial score (nSPS) is 47.6. The highest BCUT2D eigenvalue weighted by molar-refractivity contribution is 5.66. The van der Waals surface area contributed by atoms with E-state index in [0.29, 0.717) is 35.4 Å². The Bertz CT molecular complexity index is 638. The number of nitrogens with zero attached hydrogens (tertiary/aromatic N) is 2. The second-order valence-corrected chi connectivity index (χ2v) is 8.50. The van der Waals surface area contributed by atoms with Crippen molar-refractivity contribution >= 4 is 5.69 Å². The van der Waals surface area contributed by atoms with Crippen LogP contribution in [0.5, 0.6) is 0 Å². The molecule has 1 N–H and O–H groups in total. The Kier molecular flexibility index (Phi) is 2.81. The Morgan fingerprint density at radius 2 is 2.00 bits per heavy atom. The van der Waals surface area contributed by atoms with Crippen LogP contribution in [0.3, 0.4) is 0 Å². The summed E-state index contributed by atoms with van der Waals surface area (Å²) in [6, 6.07) is 10.7. The molecule has 4 aliphatic heterocycles. The lowest BCUT2D eigenvalue weighted by Gasteiger charge is -2.67. The quantitative estimate of drug-likeness (QED) is 0.863. The molecule has 0 amide bonds. The van der Waals surface area contributed by atoms with Crippen molar-refractivity contribution in [2.45, 2.75) is 69.3 Å². The van der Waals surface area contributed by atoms with E-state index in [1.165, 1.54) is 24.9 Å². The lowest BCUT2D eigenvalue weighted by Crippen LogP contribution is -2.77. The molecule has 3 heteroatoms. The van der Waals surface area contributed by atoms with Gasteiger partial charge in [0.25, 0.3) is 0 Å². The Morgan fingerprint density at radius 3 is 2.74 bits per heavy atom. The molecule has 3 saturated heterocycles. The zero-order chi connectivity index (χ0) is 15.9. The Labute approximate surface area is 139 Å². The van der Waals surface area contributed by atoms with Crippen molar-refractivity contribution in [3.8, 4) is 0 Å². The largest absolute Gasteiger partial charge is 0.378 e. The van der Waals surface area contributed by atoms with Crippen molar-refractivity contribution in [1.29, 1.82) is 0 Å². The van der Waals surface area contributed by atoms with Gasteiger partial charge in [-0.25, -0.2) is 0 Å². The van der Waals surface area contributed by atoms with Gasteiger partial charge in [-0.3, -0.25) is 4.90 Å². The van der Waals surface area contributed by atoms with Crippen molar-refractivity contribution in [1.82, 2.24) is 4.90 Å². The van der Waals surface area contributed by atoms with E-state index in [-0.39, 0.29) is 6.23 Å². The molecule has 0 radical (unpaired) electrons. The van der Waals surface area contributed by atoms with E-state index in [0.717, 1.165) is 6.42 Å². The highest BCUT2D eigenvalue weighted by Gasteiger charge is 2.68. The van der Waals surface area contributed by atoms with Crippen LogP contribution >= 0.6 is 0 Å². The molecule has 1 unspecified atom stereocenters. The number of likely N-dealkylation sites (N-methyl/N-ethyl adjacent to an activating group) is 1.